The molecule has 21 heavy (non-hydrogen) atoms. The fraction of sp³-hybridized carbons (Fsp3) is 0.214. The first-order valence-electron chi connectivity index (χ1n) is 6.55. The van der Waals surface area contributed by atoms with Crippen LogP contribution in [0, 0.1) is 0 Å². The Morgan fingerprint density at radius 1 is 1.43 bits per heavy atom. The molecule has 3 rings (SSSR count). The number of aliphatic carboxylic acids is 1. The second kappa shape index (κ2) is 5.28. The van der Waals surface area contributed by atoms with Crippen LogP contribution in [0.3, 0.4) is 0 Å². The van der Waals surface area contributed by atoms with Crippen LogP contribution in [0.2, 0.25) is 0 Å². The number of nitrogens with zero attached hydrogens (tertiary/aromatic N) is 3. The Kier molecular flexibility index (Phi) is 3.31. The molecule has 3 heterocycles. The predicted molar refractivity (Wildman–Crippen MR) is 77.1 cm³/mol. The van der Waals surface area contributed by atoms with E-state index in [1.54, 1.807) is 4.40 Å². The van der Waals surface area contributed by atoms with Crippen molar-refractivity contribution < 1.29 is 14.7 Å². The van der Waals surface area contributed by atoms with Crippen molar-refractivity contribution in [1.82, 2.24) is 14.7 Å². The van der Waals surface area contributed by atoms with E-state index in [0.717, 1.165) is 6.08 Å². The molecule has 1 amide bonds. The van der Waals surface area contributed by atoms with Crippen molar-refractivity contribution in [1.29, 1.82) is 0 Å². The van der Waals surface area contributed by atoms with Crippen LogP contribution in [0.1, 0.15) is 5.69 Å². The lowest BCUT2D eigenvalue weighted by molar-refractivity contribution is -0.131. The summed E-state index contributed by atoms with van der Waals surface area (Å²) in [5, 5.41) is 11.6. The Morgan fingerprint density at radius 2 is 2.29 bits per heavy atom. The van der Waals surface area contributed by atoms with E-state index in [1.165, 1.54) is 6.08 Å². The van der Waals surface area contributed by atoms with Crippen LogP contribution in [0.4, 0.5) is 5.82 Å². The zero-order valence-corrected chi connectivity index (χ0v) is 11.2. The summed E-state index contributed by atoms with van der Waals surface area (Å²) in [6.45, 7) is 1.41. The number of amides is 1. The number of imidazole rings is 1. The molecule has 7 heteroatoms. The number of carbonyl (C=O) groups excluding carboxylic acids is 1. The van der Waals surface area contributed by atoms with E-state index in [1.807, 2.05) is 29.3 Å². The van der Waals surface area contributed by atoms with Crippen LogP contribution < -0.4 is 10.2 Å². The Bertz CT molecular complexity index is 735. The molecule has 0 spiro atoms. The molecule has 1 fully saturated rings. The Labute approximate surface area is 120 Å². The molecule has 2 aromatic heterocycles. The molecule has 0 bridgehead atoms. The lowest BCUT2D eigenvalue weighted by Gasteiger charge is -2.27. The third-order valence-corrected chi connectivity index (χ3v) is 3.27. The fourth-order valence-corrected chi connectivity index (χ4v) is 2.36. The van der Waals surface area contributed by atoms with Gasteiger partial charge in [-0.25, -0.2) is 9.78 Å². The molecule has 1 aliphatic heterocycles. The van der Waals surface area contributed by atoms with Crippen LogP contribution in [-0.4, -0.2) is 46.0 Å². The van der Waals surface area contributed by atoms with Crippen molar-refractivity contribution in [3.63, 3.8) is 0 Å². The van der Waals surface area contributed by atoms with E-state index in [-0.39, 0.29) is 12.5 Å². The van der Waals surface area contributed by atoms with Gasteiger partial charge in [-0.2, -0.15) is 0 Å². The van der Waals surface area contributed by atoms with E-state index in [0.29, 0.717) is 30.2 Å². The minimum Gasteiger partial charge on any atom is -0.478 e. The fourth-order valence-electron chi connectivity index (χ4n) is 2.36. The Balaban J connectivity index is 2.09. The molecular formula is C14H14N4O3. The first-order valence-corrected chi connectivity index (χ1v) is 6.55. The molecule has 0 unspecified atom stereocenters. The van der Waals surface area contributed by atoms with Gasteiger partial charge in [-0.15, -0.1) is 0 Å². The number of anilines is 1. The smallest absolute Gasteiger partial charge is 0.328 e. The monoisotopic (exact) mass is 286 g/mol. The molecule has 2 aromatic rings. The molecule has 7 nitrogen and oxygen atoms in total. The summed E-state index contributed by atoms with van der Waals surface area (Å²) in [4.78, 5) is 28.7. The average Bonchev–Trinajstić information content (AvgIpc) is 2.84. The molecule has 0 aromatic carbocycles. The number of carbonyl (C=O) groups is 2. The normalized spacial score (nSPS) is 15.6. The summed E-state index contributed by atoms with van der Waals surface area (Å²) in [5.41, 5.74) is 1.37. The summed E-state index contributed by atoms with van der Waals surface area (Å²) in [6, 6.07) is 5.55. The summed E-state index contributed by atoms with van der Waals surface area (Å²) in [5.74, 6) is -0.469. The van der Waals surface area contributed by atoms with Crippen molar-refractivity contribution >= 4 is 29.4 Å². The molecule has 0 radical (unpaired) electrons. The standard InChI is InChI=1S/C14H14N4O3/c19-12-9-17(8-6-15-12)14-10(4-5-13(20)21)18-7-2-1-3-11(18)16-14/h1-5,7H,6,8-9H2,(H,15,19)(H,20,21)/b5-4+. The number of pyridine rings is 1. The Morgan fingerprint density at radius 3 is 3.05 bits per heavy atom. The number of fused-ring (bicyclic) bond motifs is 1. The lowest BCUT2D eigenvalue weighted by Crippen LogP contribution is -2.48. The number of carboxylic acids is 1. The first kappa shape index (κ1) is 13.2. The first-order chi connectivity index (χ1) is 10.1. The van der Waals surface area contributed by atoms with Gasteiger partial charge in [0.2, 0.25) is 5.91 Å². The van der Waals surface area contributed by atoms with E-state index < -0.39 is 5.97 Å². The molecule has 2 N–H and O–H groups in total. The van der Waals surface area contributed by atoms with Gasteiger partial charge in [0.15, 0.2) is 5.82 Å². The molecule has 1 aliphatic rings. The maximum absolute atomic E-state index is 11.5. The zero-order valence-electron chi connectivity index (χ0n) is 11.2. The van der Waals surface area contributed by atoms with Crippen molar-refractivity contribution in [2.45, 2.75) is 0 Å². The highest BCUT2D eigenvalue weighted by molar-refractivity contribution is 5.88. The maximum atomic E-state index is 11.5. The van der Waals surface area contributed by atoms with Gasteiger partial charge < -0.3 is 15.3 Å². The zero-order chi connectivity index (χ0) is 14.8. The highest BCUT2D eigenvalue weighted by Gasteiger charge is 2.22. The molecule has 1 saturated heterocycles. The third kappa shape index (κ3) is 2.58. The minimum absolute atomic E-state index is 0.0635. The molecule has 0 aliphatic carbocycles. The number of piperazine rings is 1. The van der Waals surface area contributed by atoms with Crippen LogP contribution in [-0.2, 0) is 9.59 Å². The average molecular weight is 286 g/mol. The molecule has 0 saturated carbocycles. The maximum Gasteiger partial charge on any atom is 0.328 e. The van der Waals surface area contributed by atoms with E-state index in [4.69, 9.17) is 5.11 Å². The molecule has 0 atom stereocenters. The summed E-state index contributed by atoms with van der Waals surface area (Å²) in [7, 11) is 0. The number of hydrogen-bond donors (Lipinski definition) is 2. The number of hydrogen-bond acceptors (Lipinski definition) is 4. The largest absolute Gasteiger partial charge is 0.478 e. The topological polar surface area (TPSA) is 86.9 Å². The molecular weight excluding hydrogens is 272 g/mol. The molecule has 108 valence electrons. The number of aromatic nitrogens is 2. The summed E-state index contributed by atoms with van der Waals surface area (Å²) in [6.07, 6.45) is 4.39. The van der Waals surface area contributed by atoms with Gasteiger partial charge >= 0.3 is 5.97 Å². The summed E-state index contributed by atoms with van der Waals surface area (Å²) >= 11 is 0. The van der Waals surface area contributed by atoms with Gasteiger partial charge in [0.25, 0.3) is 0 Å². The van der Waals surface area contributed by atoms with Gasteiger partial charge in [-0.3, -0.25) is 9.20 Å². The van der Waals surface area contributed by atoms with Gasteiger partial charge in [-0.05, 0) is 18.2 Å². The van der Waals surface area contributed by atoms with Crippen molar-refractivity contribution in [2.24, 2.45) is 0 Å². The highest BCUT2D eigenvalue weighted by Crippen LogP contribution is 2.23. The van der Waals surface area contributed by atoms with Gasteiger partial charge in [-0.1, -0.05) is 6.07 Å². The minimum atomic E-state index is -1.02. The summed E-state index contributed by atoms with van der Waals surface area (Å²) < 4.78 is 1.81. The van der Waals surface area contributed by atoms with E-state index in [9.17, 15) is 9.59 Å². The van der Waals surface area contributed by atoms with Crippen LogP contribution >= 0.6 is 0 Å². The van der Waals surface area contributed by atoms with Gasteiger partial charge in [0.05, 0.1) is 12.2 Å². The Hall–Kier alpha value is -2.83. The lowest BCUT2D eigenvalue weighted by atomic mass is 10.3. The predicted octanol–water partition coefficient (Wildman–Crippen LogP) is 0.368. The highest BCUT2D eigenvalue weighted by atomic mass is 16.4. The number of nitrogens with one attached hydrogen (secondary N) is 1. The number of carboxylic acid groups (broad SMARTS) is 1. The van der Waals surface area contributed by atoms with Crippen molar-refractivity contribution in [3.05, 3.63) is 36.2 Å². The van der Waals surface area contributed by atoms with E-state index in [2.05, 4.69) is 10.3 Å². The van der Waals surface area contributed by atoms with Crippen LogP contribution in [0.5, 0.6) is 0 Å². The second-order valence-corrected chi connectivity index (χ2v) is 4.69. The van der Waals surface area contributed by atoms with Crippen molar-refractivity contribution in [3.8, 4) is 0 Å². The SMILES string of the molecule is O=C(O)/C=C/c1c(N2CCNC(=O)C2)nc2ccccn12. The van der Waals surface area contributed by atoms with Gasteiger partial charge in [0, 0.05) is 25.4 Å². The number of rotatable bonds is 3. The second-order valence-electron chi connectivity index (χ2n) is 4.69. The quantitative estimate of drug-likeness (QED) is 0.796. The van der Waals surface area contributed by atoms with Gasteiger partial charge in [0.1, 0.15) is 5.65 Å². The van der Waals surface area contributed by atoms with Crippen LogP contribution in [0.25, 0.3) is 11.7 Å². The van der Waals surface area contributed by atoms with Crippen molar-refractivity contribution in [2.75, 3.05) is 24.5 Å². The van der Waals surface area contributed by atoms with E-state index >= 15 is 0 Å². The van der Waals surface area contributed by atoms with Crippen LogP contribution in [0.15, 0.2) is 30.5 Å². The third-order valence-electron chi connectivity index (χ3n) is 3.27.